The van der Waals surface area contributed by atoms with E-state index in [1.165, 1.54) is 12.1 Å². The van der Waals surface area contributed by atoms with E-state index in [1.54, 1.807) is 12.1 Å². The van der Waals surface area contributed by atoms with Gasteiger partial charge in [0, 0.05) is 36.6 Å². The van der Waals surface area contributed by atoms with Crippen molar-refractivity contribution >= 4 is 11.4 Å². The minimum atomic E-state index is -0.393. The highest BCUT2D eigenvalue weighted by Gasteiger charge is 2.11. The summed E-state index contributed by atoms with van der Waals surface area (Å²) in [4.78, 5) is 12.2. The molecular weight excluding hydrogens is 230 g/mol. The first-order valence-electron chi connectivity index (χ1n) is 5.70. The molecular formula is C13H15N3O2. The molecule has 0 amide bonds. The summed E-state index contributed by atoms with van der Waals surface area (Å²) in [6.07, 6.45) is 5.98. The predicted molar refractivity (Wildman–Crippen MR) is 71.3 cm³/mol. The average molecular weight is 245 g/mol. The first-order valence-corrected chi connectivity index (χ1v) is 5.70. The van der Waals surface area contributed by atoms with Gasteiger partial charge in [-0.1, -0.05) is 0 Å². The number of dihydropyridines is 1. The maximum Gasteiger partial charge on any atom is 0.269 e. The highest BCUT2D eigenvalue weighted by molar-refractivity contribution is 5.56. The fourth-order valence-electron chi connectivity index (χ4n) is 1.82. The van der Waals surface area contributed by atoms with Crippen LogP contribution in [0.3, 0.4) is 0 Å². The molecule has 5 heteroatoms. The van der Waals surface area contributed by atoms with Crippen molar-refractivity contribution in [2.45, 2.75) is 13.0 Å². The second kappa shape index (κ2) is 4.91. The van der Waals surface area contributed by atoms with Gasteiger partial charge in [0.05, 0.1) is 4.92 Å². The van der Waals surface area contributed by atoms with Crippen LogP contribution in [0.15, 0.2) is 48.3 Å². The molecule has 2 rings (SSSR count). The van der Waals surface area contributed by atoms with Gasteiger partial charge in [0.15, 0.2) is 0 Å². The molecule has 0 aliphatic carbocycles. The van der Waals surface area contributed by atoms with E-state index in [0.29, 0.717) is 0 Å². The van der Waals surface area contributed by atoms with Crippen LogP contribution >= 0.6 is 0 Å². The molecule has 0 bridgehead atoms. The van der Waals surface area contributed by atoms with Crippen molar-refractivity contribution in [2.24, 2.45) is 0 Å². The Morgan fingerprint density at radius 2 is 2.00 bits per heavy atom. The summed E-state index contributed by atoms with van der Waals surface area (Å²) in [5.74, 6) is 0. The molecule has 0 radical (unpaired) electrons. The van der Waals surface area contributed by atoms with Crippen molar-refractivity contribution in [3.8, 4) is 0 Å². The molecule has 5 nitrogen and oxygen atoms in total. The van der Waals surface area contributed by atoms with Crippen LogP contribution in [-0.2, 0) is 0 Å². The Morgan fingerprint density at radius 3 is 2.56 bits per heavy atom. The number of anilines is 1. The Kier molecular flexibility index (Phi) is 3.32. The van der Waals surface area contributed by atoms with Gasteiger partial charge in [0.25, 0.3) is 5.69 Å². The van der Waals surface area contributed by atoms with Gasteiger partial charge in [0.1, 0.15) is 0 Å². The standard InChI is InChI=1S/C13H15N3O2/c1-10-9-13(7-8-14-10)15(2)11-3-5-12(6-4-11)16(17)18/h3-10,14H,1-2H3. The van der Waals surface area contributed by atoms with Gasteiger partial charge in [-0.2, -0.15) is 0 Å². The number of benzene rings is 1. The van der Waals surface area contributed by atoms with Gasteiger partial charge in [-0.15, -0.1) is 0 Å². The summed E-state index contributed by atoms with van der Waals surface area (Å²) in [5, 5.41) is 13.8. The van der Waals surface area contributed by atoms with Crippen molar-refractivity contribution in [1.82, 2.24) is 5.32 Å². The van der Waals surface area contributed by atoms with Crippen LogP contribution in [0.5, 0.6) is 0 Å². The minimum absolute atomic E-state index is 0.107. The van der Waals surface area contributed by atoms with Gasteiger partial charge in [-0.3, -0.25) is 10.1 Å². The van der Waals surface area contributed by atoms with Gasteiger partial charge in [-0.25, -0.2) is 0 Å². The topological polar surface area (TPSA) is 58.4 Å². The van der Waals surface area contributed by atoms with E-state index in [2.05, 4.69) is 18.3 Å². The lowest BCUT2D eigenvalue weighted by atomic mass is 10.2. The van der Waals surface area contributed by atoms with E-state index < -0.39 is 4.92 Å². The van der Waals surface area contributed by atoms with Crippen LogP contribution in [0.2, 0.25) is 0 Å². The van der Waals surface area contributed by atoms with Gasteiger partial charge >= 0.3 is 0 Å². The van der Waals surface area contributed by atoms with E-state index in [4.69, 9.17) is 0 Å². The smallest absolute Gasteiger partial charge is 0.269 e. The van der Waals surface area contributed by atoms with Crippen LogP contribution in [0.4, 0.5) is 11.4 Å². The zero-order valence-electron chi connectivity index (χ0n) is 10.3. The van der Waals surface area contributed by atoms with Gasteiger partial charge in [0.2, 0.25) is 0 Å². The lowest BCUT2D eigenvalue weighted by Gasteiger charge is -2.24. The first kappa shape index (κ1) is 12.2. The minimum Gasteiger partial charge on any atom is -0.385 e. The molecule has 1 heterocycles. The molecule has 0 saturated carbocycles. The third kappa shape index (κ3) is 2.51. The largest absolute Gasteiger partial charge is 0.385 e. The molecule has 0 spiro atoms. The van der Waals surface area contributed by atoms with E-state index in [0.717, 1.165) is 11.4 Å². The number of nitrogens with one attached hydrogen (secondary N) is 1. The molecule has 1 N–H and O–H groups in total. The predicted octanol–water partition coefficient (Wildman–Crippen LogP) is 2.42. The van der Waals surface area contributed by atoms with Crippen molar-refractivity contribution in [3.05, 3.63) is 58.4 Å². The van der Waals surface area contributed by atoms with E-state index >= 15 is 0 Å². The number of nitrogens with zero attached hydrogens (tertiary/aromatic N) is 2. The van der Waals surface area contributed by atoms with Crippen molar-refractivity contribution in [2.75, 3.05) is 11.9 Å². The fourth-order valence-corrected chi connectivity index (χ4v) is 1.82. The molecule has 1 aliphatic rings. The van der Waals surface area contributed by atoms with Crippen molar-refractivity contribution in [1.29, 1.82) is 0 Å². The maximum atomic E-state index is 10.6. The monoisotopic (exact) mass is 245 g/mol. The second-order valence-corrected chi connectivity index (χ2v) is 4.21. The first-order chi connectivity index (χ1) is 8.58. The van der Waals surface area contributed by atoms with E-state index in [1.807, 2.05) is 24.2 Å². The quantitative estimate of drug-likeness (QED) is 0.656. The number of non-ortho nitro benzene ring substituents is 1. The van der Waals surface area contributed by atoms with Crippen LogP contribution in [0.25, 0.3) is 0 Å². The molecule has 18 heavy (non-hydrogen) atoms. The zero-order valence-corrected chi connectivity index (χ0v) is 10.3. The summed E-state index contributed by atoms with van der Waals surface area (Å²) in [5.41, 5.74) is 2.09. The van der Waals surface area contributed by atoms with Crippen molar-refractivity contribution < 1.29 is 4.92 Å². The maximum absolute atomic E-state index is 10.6. The summed E-state index contributed by atoms with van der Waals surface area (Å²) in [6, 6.07) is 6.81. The van der Waals surface area contributed by atoms with Crippen LogP contribution in [0, 0.1) is 10.1 Å². The van der Waals surface area contributed by atoms with E-state index in [-0.39, 0.29) is 11.7 Å². The number of allylic oxidation sites excluding steroid dienone is 1. The number of likely N-dealkylation sites (N-methyl/N-ethyl adjacent to an activating group) is 1. The highest BCUT2D eigenvalue weighted by atomic mass is 16.6. The Morgan fingerprint density at radius 1 is 1.33 bits per heavy atom. The molecule has 0 saturated heterocycles. The van der Waals surface area contributed by atoms with Crippen LogP contribution < -0.4 is 10.2 Å². The van der Waals surface area contributed by atoms with E-state index in [9.17, 15) is 10.1 Å². The Balaban J connectivity index is 2.21. The lowest BCUT2D eigenvalue weighted by Crippen LogP contribution is -2.26. The molecule has 94 valence electrons. The molecule has 0 aromatic heterocycles. The third-order valence-corrected chi connectivity index (χ3v) is 2.87. The summed E-state index contributed by atoms with van der Waals surface area (Å²) >= 11 is 0. The van der Waals surface area contributed by atoms with Gasteiger partial charge in [-0.05, 0) is 37.4 Å². The summed E-state index contributed by atoms with van der Waals surface area (Å²) in [7, 11) is 1.94. The van der Waals surface area contributed by atoms with Crippen LogP contribution in [-0.4, -0.2) is 18.0 Å². The molecule has 1 aromatic rings. The van der Waals surface area contributed by atoms with Crippen molar-refractivity contribution in [3.63, 3.8) is 0 Å². The molecule has 0 fully saturated rings. The number of hydrogen-bond acceptors (Lipinski definition) is 4. The number of rotatable bonds is 3. The molecule has 1 aliphatic heterocycles. The molecule has 1 atom stereocenters. The van der Waals surface area contributed by atoms with Crippen LogP contribution in [0.1, 0.15) is 6.92 Å². The third-order valence-electron chi connectivity index (χ3n) is 2.87. The molecule has 1 unspecified atom stereocenters. The number of nitro benzene ring substituents is 1. The second-order valence-electron chi connectivity index (χ2n) is 4.21. The normalized spacial score (nSPS) is 17.9. The Hall–Kier alpha value is -2.30. The summed E-state index contributed by atoms with van der Waals surface area (Å²) < 4.78 is 0. The number of nitro groups is 1. The molecule has 1 aromatic carbocycles. The zero-order chi connectivity index (χ0) is 13.1. The number of hydrogen-bond donors (Lipinski definition) is 1. The Labute approximate surface area is 106 Å². The Bertz CT molecular complexity index is 505. The lowest BCUT2D eigenvalue weighted by molar-refractivity contribution is -0.384. The highest BCUT2D eigenvalue weighted by Crippen LogP contribution is 2.22. The summed E-state index contributed by atoms with van der Waals surface area (Å²) in [6.45, 7) is 2.06. The SMILES string of the molecule is CC1C=C(N(C)c2ccc([N+](=O)[O-])cc2)C=CN1. The fraction of sp³-hybridized carbons (Fsp3) is 0.231. The van der Waals surface area contributed by atoms with Gasteiger partial charge < -0.3 is 10.2 Å². The average Bonchev–Trinajstić information content (AvgIpc) is 2.38.